The number of likely N-dealkylation sites (tertiary alicyclic amines) is 1. The predicted octanol–water partition coefficient (Wildman–Crippen LogP) is 1.89. The third-order valence-electron chi connectivity index (χ3n) is 4.12. The molecule has 24 heavy (non-hydrogen) atoms. The Kier molecular flexibility index (Phi) is 4.89. The molecule has 3 heterocycles. The fourth-order valence-corrected chi connectivity index (χ4v) is 3.46. The SMILES string of the molecule is CCc1nnsc1C(=O)N1CCC(C(=O)Nc2cc(C)on2)CC1. The number of carbonyl (C=O) groups is 2. The second-order valence-corrected chi connectivity index (χ2v) is 6.53. The van der Waals surface area contributed by atoms with Crippen LogP contribution in [0.5, 0.6) is 0 Å². The van der Waals surface area contributed by atoms with Crippen molar-refractivity contribution in [3.05, 3.63) is 22.4 Å². The second kappa shape index (κ2) is 7.08. The summed E-state index contributed by atoms with van der Waals surface area (Å²) in [5.41, 5.74) is 0.742. The lowest BCUT2D eigenvalue weighted by molar-refractivity contribution is -0.121. The molecule has 128 valence electrons. The molecule has 2 amide bonds. The largest absolute Gasteiger partial charge is 0.360 e. The molecule has 0 aromatic carbocycles. The van der Waals surface area contributed by atoms with Gasteiger partial charge in [0.15, 0.2) is 5.82 Å². The molecule has 0 aliphatic carbocycles. The van der Waals surface area contributed by atoms with Crippen LogP contribution in [0.25, 0.3) is 0 Å². The van der Waals surface area contributed by atoms with E-state index >= 15 is 0 Å². The summed E-state index contributed by atoms with van der Waals surface area (Å²) in [7, 11) is 0. The van der Waals surface area contributed by atoms with Gasteiger partial charge in [0.25, 0.3) is 5.91 Å². The maximum Gasteiger partial charge on any atom is 0.267 e. The normalized spacial score (nSPS) is 15.5. The van der Waals surface area contributed by atoms with Crippen LogP contribution in [0.1, 0.15) is 40.9 Å². The van der Waals surface area contributed by atoms with Crippen LogP contribution in [-0.2, 0) is 11.2 Å². The summed E-state index contributed by atoms with van der Waals surface area (Å²) in [6, 6.07) is 1.68. The van der Waals surface area contributed by atoms with E-state index in [0.717, 1.165) is 17.2 Å². The summed E-state index contributed by atoms with van der Waals surface area (Å²) in [6.07, 6.45) is 1.94. The lowest BCUT2D eigenvalue weighted by Gasteiger charge is -2.30. The van der Waals surface area contributed by atoms with Crippen molar-refractivity contribution in [1.29, 1.82) is 0 Å². The highest BCUT2D eigenvalue weighted by Gasteiger charge is 2.30. The van der Waals surface area contributed by atoms with Crippen LogP contribution in [0.4, 0.5) is 5.82 Å². The van der Waals surface area contributed by atoms with Gasteiger partial charge in [-0.3, -0.25) is 9.59 Å². The summed E-state index contributed by atoms with van der Waals surface area (Å²) in [6.45, 7) is 4.83. The number of hydrogen-bond acceptors (Lipinski definition) is 7. The Morgan fingerprint density at radius 1 is 1.42 bits per heavy atom. The Morgan fingerprint density at radius 2 is 2.17 bits per heavy atom. The van der Waals surface area contributed by atoms with Gasteiger partial charge in [-0.05, 0) is 37.7 Å². The maximum absolute atomic E-state index is 12.5. The molecule has 3 rings (SSSR count). The molecule has 2 aromatic heterocycles. The first-order valence-electron chi connectivity index (χ1n) is 7.93. The maximum atomic E-state index is 12.5. The first kappa shape index (κ1) is 16.6. The van der Waals surface area contributed by atoms with Crippen molar-refractivity contribution in [2.45, 2.75) is 33.1 Å². The number of hydrogen-bond donors (Lipinski definition) is 1. The Balaban J connectivity index is 1.55. The molecule has 1 saturated heterocycles. The lowest BCUT2D eigenvalue weighted by Crippen LogP contribution is -2.41. The van der Waals surface area contributed by atoms with E-state index in [1.165, 1.54) is 0 Å². The molecule has 0 saturated carbocycles. The Labute approximate surface area is 143 Å². The molecule has 1 aliphatic rings. The van der Waals surface area contributed by atoms with Crippen LogP contribution < -0.4 is 5.32 Å². The van der Waals surface area contributed by atoms with Crippen LogP contribution in [0.2, 0.25) is 0 Å². The van der Waals surface area contributed by atoms with Crippen molar-refractivity contribution in [3.63, 3.8) is 0 Å². The fraction of sp³-hybridized carbons (Fsp3) is 0.533. The minimum Gasteiger partial charge on any atom is -0.360 e. The average molecular weight is 349 g/mol. The molecule has 1 fully saturated rings. The summed E-state index contributed by atoms with van der Waals surface area (Å²) >= 11 is 1.14. The molecule has 9 heteroatoms. The van der Waals surface area contributed by atoms with E-state index < -0.39 is 0 Å². The Hall–Kier alpha value is -2.29. The fourth-order valence-electron chi connectivity index (χ4n) is 2.74. The standard InChI is InChI=1S/C15H19N5O3S/c1-3-11-13(24-19-17-11)15(22)20-6-4-10(5-7-20)14(21)16-12-8-9(2)23-18-12/h8,10H,3-7H2,1-2H3,(H,16,18,21). The van der Waals surface area contributed by atoms with Gasteiger partial charge in [0.05, 0.1) is 5.69 Å². The zero-order valence-electron chi connectivity index (χ0n) is 13.6. The second-order valence-electron chi connectivity index (χ2n) is 5.78. The number of carbonyl (C=O) groups excluding carboxylic acids is 2. The molecule has 0 spiro atoms. The quantitative estimate of drug-likeness (QED) is 0.904. The van der Waals surface area contributed by atoms with Gasteiger partial charge in [-0.1, -0.05) is 16.6 Å². The third kappa shape index (κ3) is 3.45. The van der Waals surface area contributed by atoms with Crippen molar-refractivity contribution in [2.75, 3.05) is 18.4 Å². The van der Waals surface area contributed by atoms with E-state index in [0.29, 0.717) is 48.8 Å². The van der Waals surface area contributed by atoms with E-state index in [4.69, 9.17) is 4.52 Å². The molecule has 1 N–H and O–H groups in total. The number of amides is 2. The predicted molar refractivity (Wildman–Crippen MR) is 87.8 cm³/mol. The molecule has 0 radical (unpaired) electrons. The minimum absolute atomic E-state index is 0.0344. The topological polar surface area (TPSA) is 101 Å². The first-order chi connectivity index (χ1) is 11.6. The Morgan fingerprint density at radius 3 is 2.79 bits per heavy atom. The number of aryl methyl sites for hydroxylation is 2. The lowest BCUT2D eigenvalue weighted by atomic mass is 9.95. The van der Waals surface area contributed by atoms with Crippen LogP contribution in [0, 0.1) is 12.8 Å². The van der Waals surface area contributed by atoms with Gasteiger partial charge < -0.3 is 14.7 Å². The van der Waals surface area contributed by atoms with Crippen LogP contribution in [0.15, 0.2) is 10.6 Å². The van der Waals surface area contributed by atoms with Crippen molar-refractivity contribution in [1.82, 2.24) is 19.6 Å². The number of anilines is 1. The molecule has 2 aromatic rings. The van der Waals surface area contributed by atoms with Gasteiger partial charge in [0, 0.05) is 25.1 Å². The van der Waals surface area contributed by atoms with Crippen molar-refractivity contribution < 1.29 is 14.1 Å². The number of nitrogens with zero attached hydrogens (tertiary/aromatic N) is 4. The van der Waals surface area contributed by atoms with E-state index in [1.807, 2.05) is 6.92 Å². The number of nitrogens with one attached hydrogen (secondary N) is 1. The molecule has 0 bridgehead atoms. The smallest absolute Gasteiger partial charge is 0.267 e. The highest BCUT2D eigenvalue weighted by atomic mass is 32.1. The third-order valence-corrected chi connectivity index (χ3v) is 4.87. The van der Waals surface area contributed by atoms with E-state index in [1.54, 1.807) is 17.9 Å². The van der Waals surface area contributed by atoms with E-state index in [9.17, 15) is 9.59 Å². The van der Waals surface area contributed by atoms with Gasteiger partial charge in [0.2, 0.25) is 5.91 Å². The summed E-state index contributed by atoms with van der Waals surface area (Å²) in [5, 5.41) is 10.5. The summed E-state index contributed by atoms with van der Waals surface area (Å²) in [5.74, 6) is 0.836. The van der Waals surface area contributed by atoms with Gasteiger partial charge >= 0.3 is 0 Å². The van der Waals surface area contributed by atoms with Crippen molar-refractivity contribution >= 4 is 29.2 Å². The van der Waals surface area contributed by atoms with Gasteiger partial charge in [0.1, 0.15) is 10.6 Å². The highest BCUT2D eigenvalue weighted by Crippen LogP contribution is 2.22. The van der Waals surface area contributed by atoms with Crippen molar-refractivity contribution in [3.8, 4) is 0 Å². The zero-order valence-corrected chi connectivity index (χ0v) is 14.4. The molecule has 8 nitrogen and oxygen atoms in total. The zero-order chi connectivity index (χ0) is 17.1. The van der Waals surface area contributed by atoms with E-state index in [2.05, 4.69) is 20.1 Å². The van der Waals surface area contributed by atoms with E-state index in [-0.39, 0.29) is 17.7 Å². The number of aromatic nitrogens is 3. The molecular weight excluding hydrogens is 330 g/mol. The summed E-state index contributed by atoms with van der Waals surface area (Å²) < 4.78 is 8.80. The molecule has 1 aliphatic heterocycles. The average Bonchev–Trinajstić information content (AvgIpc) is 3.23. The van der Waals surface area contributed by atoms with Crippen molar-refractivity contribution in [2.24, 2.45) is 5.92 Å². The van der Waals surface area contributed by atoms with Gasteiger partial charge in [-0.15, -0.1) is 5.10 Å². The Bertz CT molecular complexity index is 733. The van der Waals surface area contributed by atoms with Gasteiger partial charge in [-0.25, -0.2) is 0 Å². The molecule has 0 atom stereocenters. The number of piperidine rings is 1. The number of rotatable bonds is 4. The van der Waals surface area contributed by atoms with Crippen LogP contribution in [-0.4, -0.2) is 44.5 Å². The highest BCUT2D eigenvalue weighted by molar-refractivity contribution is 7.08. The van der Waals surface area contributed by atoms with Gasteiger partial charge in [-0.2, -0.15) is 0 Å². The molecular formula is C15H19N5O3S. The minimum atomic E-state index is -0.128. The first-order valence-corrected chi connectivity index (χ1v) is 8.70. The molecule has 0 unspecified atom stereocenters. The van der Waals surface area contributed by atoms with Crippen LogP contribution in [0.3, 0.4) is 0 Å². The van der Waals surface area contributed by atoms with Crippen LogP contribution >= 0.6 is 11.5 Å². The summed E-state index contributed by atoms with van der Waals surface area (Å²) in [4.78, 5) is 27.2. The monoisotopic (exact) mass is 349 g/mol.